The number of anilines is 2. The van der Waals surface area contributed by atoms with E-state index in [-0.39, 0.29) is 5.91 Å². The van der Waals surface area contributed by atoms with Gasteiger partial charge in [-0.05, 0) is 30.3 Å². The predicted molar refractivity (Wildman–Crippen MR) is 78.0 cm³/mol. The molecule has 0 aliphatic rings. The second kappa shape index (κ2) is 5.14. The maximum Gasteiger partial charge on any atom is 0.277 e. The summed E-state index contributed by atoms with van der Waals surface area (Å²) in [6.07, 6.45) is 3.36. The van der Waals surface area contributed by atoms with Gasteiger partial charge in [0.15, 0.2) is 10.8 Å². The van der Waals surface area contributed by atoms with Crippen LogP contribution < -0.4 is 11.1 Å². The molecular weight excluding hydrogens is 274 g/mol. The van der Waals surface area contributed by atoms with Crippen molar-refractivity contribution in [2.45, 2.75) is 0 Å². The highest BCUT2D eigenvalue weighted by Gasteiger charge is 2.11. The Morgan fingerprint density at radius 3 is 2.75 bits per heavy atom. The van der Waals surface area contributed by atoms with Crippen molar-refractivity contribution < 1.29 is 4.79 Å². The van der Waals surface area contributed by atoms with E-state index in [1.165, 1.54) is 11.3 Å². The van der Waals surface area contributed by atoms with Gasteiger partial charge in [0.1, 0.15) is 0 Å². The normalized spacial score (nSPS) is 10.4. The molecule has 0 saturated carbocycles. The molecule has 0 fully saturated rings. The summed E-state index contributed by atoms with van der Waals surface area (Å²) in [5, 5.41) is 9.26. The SMILES string of the molecule is Nc1ccc(-n2ccc(C(=O)Nc3nccs3)n2)cc1. The second-order valence-electron chi connectivity index (χ2n) is 4.03. The van der Waals surface area contributed by atoms with E-state index in [4.69, 9.17) is 5.73 Å². The van der Waals surface area contributed by atoms with E-state index in [0.717, 1.165) is 5.69 Å². The number of amides is 1. The lowest BCUT2D eigenvalue weighted by atomic mass is 10.3. The third-order valence-corrected chi connectivity index (χ3v) is 3.32. The molecule has 2 aromatic heterocycles. The van der Waals surface area contributed by atoms with E-state index in [9.17, 15) is 4.79 Å². The summed E-state index contributed by atoms with van der Waals surface area (Å²) in [7, 11) is 0. The zero-order valence-electron chi connectivity index (χ0n) is 10.4. The average molecular weight is 285 g/mol. The molecule has 0 aliphatic carbocycles. The van der Waals surface area contributed by atoms with Gasteiger partial charge in [0.25, 0.3) is 5.91 Å². The van der Waals surface area contributed by atoms with E-state index < -0.39 is 0 Å². The third-order valence-electron chi connectivity index (χ3n) is 2.63. The number of benzene rings is 1. The molecule has 3 rings (SSSR count). The minimum absolute atomic E-state index is 0.283. The van der Waals surface area contributed by atoms with E-state index in [0.29, 0.717) is 16.5 Å². The van der Waals surface area contributed by atoms with Gasteiger partial charge < -0.3 is 5.73 Å². The van der Waals surface area contributed by atoms with Crippen molar-refractivity contribution in [1.29, 1.82) is 0 Å². The fourth-order valence-corrected chi connectivity index (χ4v) is 2.19. The highest BCUT2D eigenvalue weighted by molar-refractivity contribution is 7.13. The highest BCUT2D eigenvalue weighted by Crippen LogP contribution is 2.13. The predicted octanol–water partition coefficient (Wildman–Crippen LogP) is 2.16. The Kier molecular flexibility index (Phi) is 3.18. The molecule has 0 unspecified atom stereocenters. The number of nitrogens with two attached hydrogens (primary N) is 1. The van der Waals surface area contributed by atoms with Gasteiger partial charge in [-0.1, -0.05) is 0 Å². The molecule has 2 heterocycles. The van der Waals surface area contributed by atoms with Crippen molar-refractivity contribution >= 4 is 28.1 Å². The summed E-state index contributed by atoms with van der Waals surface area (Å²) in [5.74, 6) is -0.283. The zero-order valence-corrected chi connectivity index (χ0v) is 11.2. The van der Waals surface area contributed by atoms with Crippen LogP contribution in [-0.4, -0.2) is 20.7 Å². The van der Waals surface area contributed by atoms with Gasteiger partial charge in [-0.3, -0.25) is 10.1 Å². The van der Waals surface area contributed by atoms with Crippen LogP contribution in [0.5, 0.6) is 0 Å². The van der Waals surface area contributed by atoms with Gasteiger partial charge >= 0.3 is 0 Å². The van der Waals surface area contributed by atoms with E-state index in [1.807, 2.05) is 12.1 Å². The quantitative estimate of drug-likeness (QED) is 0.722. The lowest BCUT2D eigenvalue weighted by Gasteiger charge is -2.01. The smallest absolute Gasteiger partial charge is 0.277 e. The zero-order chi connectivity index (χ0) is 13.9. The lowest BCUT2D eigenvalue weighted by Crippen LogP contribution is -2.12. The monoisotopic (exact) mass is 285 g/mol. The molecule has 0 atom stereocenters. The standard InChI is InChI=1S/C13H11N5OS/c14-9-1-3-10(4-2-9)18-7-5-11(17-18)12(19)16-13-15-6-8-20-13/h1-8H,14H2,(H,15,16,19). The maximum atomic E-state index is 12.0. The van der Waals surface area contributed by atoms with Crippen LogP contribution in [0.1, 0.15) is 10.5 Å². The molecule has 6 nitrogen and oxygen atoms in total. The van der Waals surface area contributed by atoms with Crippen LogP contribution in [0, 0.1) is 0 Å². The molecule has 1 aromatic carbocycles. The van der Waals surface area contributed by atoms with E-state index in [1.54, 1.807) is 40.7 Å². The van der Waals surface area contributed by atoms with Crippen molar-refractivity contribution in [2.75, 3.05) is 11.1 Å². The molecule has 100 valence electrons. The number of hydrogen-bond donors (Lipinski definition) is 2. The number of rotatable bonds is 3. The minimum atomic E-state index is -0.283. The number of nitrogens with one attached hydrogen (secondary N) is 1. The number of thiazole rings is 1. The fourth-order valence-electron chi connectivity index (χ4n) is 1.66. The third kappa shape index (κ3) is 2.52. The minimum Gasteiger partial charge on any atom is -0.399 e. The molecule has 20 heavy (non-hydrogen) atoms. The summed E-state index contributed by atoms with van der Waals surface area (Å²) >= 11 is 1.36. The first-order chi connectivity index (χ1) is 9.72. The van der Waals surface area contributed by atoms with Crippen LogP contribution >= 0.6 is 11.3 Å². The van der Waals surface area contributed by atoms with Gasteiger partial charge in [-0.25, -0.2) is 9.67 Å². The Morgan fingerprint density at radius 2 is 2.05 bits per heavy atom. The Bertz CT molecular complexity index is 718. The van der Waals surface area contributed by atoms with Crippen LogP contribution in [0.3, 0.4) is 0 Å². The Hall–Kier alpha value is -2.67. The first-order valence-electron chi connectivity index (χ1n) is 5.85. The van der Waals surface area contributed by atoms with Crippen LogP contribution in [0.15, 0.2) is 48.1 Å². The van der Waals surface area contributed by atoms with Crippen LogP contribution in [0.4, 0.5) is 10.8 Å². The van der Waals surface area contributed by atoms with Gasteiger partial charge in [0.2, 0.25) is 0 Å². The summed E-state index contributed by atoms with van der Waals surface area (Å²) in [4.78, 5) is 16.0. The molecule has 0 spiro atoms. The maximum absolute atomic E-state index is 12.0. The Labute approximate surface area is 118 Å². The van der Waals surface area contributed by atoms with Gasteiger partial charge in [0.05, 0.1) is 5.69 Å². The molecule has 0 aliphatic heterocycles. The topological polar surface area (TPSA) is 85.8 Å². The summed E-state index contributed by atoms with van der Waals surface area (Å²) in [6, 6.07) is 8.90. The largest absolute Gasteiger partial charge is 0.399 e. The van der Waals surface area contributed by atoms with Crippen molar-refractivity contribution in [3.05, 3.63) is 53.8 Å². The molecule has 3 aromatic rings. The first-order valence-corrected chi connectivity index (χ1v) is 6.73. The number of nitrogens with zero attached hydrogens (tertiary/aromatic N) is 3. The van der Waals surface area contributed by atoms with E-state index in [2.05, 4.69) is 15.4 Å². The fraction of sp³-hybridized carbons (Fsp3) is 0. The van der Waals surface area contributed by atoms with Crippen molar-refractivity contribution in [1.82, 2.24) is 14.8 Å². The van der Waals surface area contributed by atoms with Crippen molar-refractivity contribution in [2.24, 2.45) is 0 Å². The Balaban J connectivity index is 1.79. The average Bonchev–Trinajstić information content (AvgIpc) is 3.10. The van der Waals surface area contributed by atoms with Crippen LogP contribution in [-0.2, 0) is 0 Å². The summed E-state index contributed by atoms with van der Waals surface area (Å²) < 4.78 is 1.62. The second-order valence-corrected chi connectivity index (χ2v) is 4.92. The number of carbonyl (C=O) groups excluding carboxylic acids is 1. The molecule has 1 amide bonds. The molecule has 7 heteroatoms. The number of nitrogen functional groups attached to an aromatic ring is 1. The lowest BCUT2D eigenvalue weighted by molar-refractivity contribution is 0.102. The first kappa shape index (κ1) is 12.4. The summed E-state index contributed by atoms with van der Waals surface area (Å²) in [6.45, 7) is 0. The van der Waals surface area contributed by atoms with Gasteiger partial charge in [-0.15, -0.1) is 11.3 Å². The molecule has 0 radical (unpaired) electrons. The molecule has 3 N–H and O–H groups in total. The van der Waals surface area contributed by atoms with Gasteiger partial charge in [-0.2, -0.15) is 5.10 Å². The number of carbonyl (C=O) groups is 1. The van der Waals surface area contributed by atoms with E-state index >= 15 is 0 Å². The summed E-state index contributed by atoms with van der Waals surface area (Å²) in [5.41, 5.74) is 7.49. The van der Waals surface area contributed by atoms with Crippen LogP contribution in [0.25, 0.3) is 5.69 Å². The molecular formula is C13H11N5OS. The molecule has 0 bridgehead atoms. The molecule has 0 saturated heterocycles. The van der Waals surface area contributed by atoms with Crippen LogP contribution in [0.2, 0.25) is 0 Å². The number of aromatic nitrogens is 3. The van der Waals surface area contributed by atoms with Crippen molar-refractivity contribution in [3.63, 3.8) is 0 Å². The Morgan fingerprint density at radius 1 is 1.25 bits per heavy atom. The highest BCUT2D eigenvalue weighted by atomic mass is 32.1. The van der Waals surface area contributed by atoms with Crippen molar-refractivity contribution in [3.8, 4) is 5.69 Å². The number of hydrogen-bond acceptors (Lipinski definition) is 5. The van der Waals surface area contributed by atoms with Gasteiger partial charge in [0, 0.05) is 23.5 Å².